The van der Waals surface area contributed by atoms with Crippen LogP contribution in [-0.2, 0) is 10.8 Å². The summed E-state index contributed by atoms with van der Waals surface area (Å²) in [6, 6.07) is 18.1. The molecule has 0 aromatic heterocycles. The van der Waals surface area contributed by atoms with Crippen molar-refractivity contribution in [1.29, 1.82) is 0 Å². The van der Waals surface area contributed by atoms with Crippen molar-refractivity contribution in [1.82, 2.24) is 0 Å². The average molecular weight is 290 g/mol. The van der Waals surface area contributed by atoms with Gasteiger partial charge in [-0.05, 0) is 49.6 Å². The van der Waals surface area contributed by atoms with E-state index in [1.54, 1.807) is 0 Å². The normalized spacial score (nSPS) is 13.0. The van der Waals surface area contributed by atoms with E-state index in [0.29, 0.717) is 0 Å². The number of hydrogen-bond acceptors (Lipinski definition) is 0. The Hall–Kier alpha value is -1.82. The monoisotopic (exact) mass is 290 g/mol. The van der Waals surface area contributed by atoms with E-state index in [4.69, 9.17) is 0 Å². The van der Waals surface area contributed by atoms with Gasteiger partial charge in [-0.15, -0.1) is 0 Å². The molecule has 0 amide bonds. The first-order chi connectivity index (χ1) is 10.2. The highest BCUT2D eigenvalue weighted by atomic mass is 14.3. The average Bonchev–Trinajstić information content (AvgIpc) is 2.41. The number of rotatable bonds is 0. The third kappa shape index (κ3) is 2.52. The molecule has 0 aliphatic heterocycles. The van der Waals surface area contributed by atoms with Crippen molar-refractivity contribution in [2.24, 2.45) is 0 Å². The Kier molecular flexibility index (Phi) is 3.32. The molecule has 0 radical (unpaired) electrons. The lowest BCUT2D eigenvalue weighted by Gasteiger charge is -2.26. The fourth-order valence-corrected chi connectivity index (χ4v) is 3.34. The van der Waals surface area contributed by atoms with E-state index in [0.717, 1.165) is 0 Å². The SMILES string of the molecule is CC(C)(C)c1ccc2cc3ccccc3c(C(C)(C)C)c2c1. The summed E-state index contributed by atoms with van der Waals surface area (Å²) in [6.45, 7) is 13.8. The van der Waals surface area contributed by atoms with Gasteiger partial charge in [-0.25, -0.2) is 0 Å². The van der Waals surface area contributed by atoms with E-state index in [-0.39, 0.29) is 10.8 Å². The molecule has 0 heterocycles. The van der Waals surface area contributed by atoms with Crippen LogP contribution in [0.5, 0.6) is 0 Å². The Morgan fingerprint density at radius 2 is 1.23 bits per heavy atom. The van der Waals surface area contributed by atoms with Crippen molar-refractivity contribution in [2.75, 3.05) is 0 Å². The third-order valence-corrected chi connectivity index (χ3v) is 4.48. The lowest BCUT2D eigenvalue weighted by molar-refractivity contribution is 0.588. The van der Waals surface area contributed by atoms with Crippen LogP contribution < -0.4 is 0 Å². The van der Waals surface area contributed by atoms with Gasteiger partial charge in [0.25, 0.3) is 0 Å². The molecule has 0 bridgehead atoms. The fraction of sp³-hybridized carbons (Fsp3) is 0.364. The van der Waals surface area contributed by atoms with E-state index in [1.807, 2.05) is 0 Å². The molecule has 0 nitrogen and oxygen atoms in total. The van der Waals surface area contributed by atoms with Crippen LogP contribution in [0.25, 0.3) is 21.5 Å². The first-order valence-electron chi connectivity index (χ1n) is 8.14. The summed E-state index contributed by atoms with van der Waals surface area (Å²) in [4.78, 5) is 0. The van der Waals surface area contributed by atoms with E-state index >= 15 is 0 Å². The Bertz CT molecular complexity index is 839. The van der Waals surface area contributed by atoms with Crippen molar-refractivity contribution in [3.8, 4) is 0 Å². The first-order valence-corrected chi connectivity index (χ1v) is 8.14. The van der Waals surface area contributed by atoms with Gasteiger partial charge in [0.2, 0.25) is 0 Å². The molecule has 0 fully saturated rings. The molecular weight excluding hydrogens is 264 g/mol. The summed E-state index contributed by atoms with van der Waals surface area (Å²) in [5, 5.41) is 5.47. The second-order valence-corrected chi connectivity index (χ2v) is 8.41. The maximum Gasteiger partial charge on any atom is -0.0120 e. The van der Waals surface area contributed by atoms with Crippen molar-refractivity contribution in [3.63, 3.8) is 0 Å². The summed E-state index contributed by atoms with van der Waals surface area (Å²) < 4.78 is 0. The molecule has 3 aromatic carbocycles. The van der Waals surface area contributed by atoms with Crippen molar-refractivity contribution >= 4 is 21.5 Å². The zero-order valence-corrected chi connectivity index (χ0v) is 14.6. The van der Waals surface area contributed by atoms with Gasteiger partial charge in [0, 0.05) is 0 Å². The second kappa shape index (κ2) is 4.84. The van der Waals surface area contributed by atoms with Crippen molar-refractivity contribution in [2.45, 2.75) is 52.4 Å². The highest BCUT2D eigenvalue weighted by molar-refractivity contribution is 6.03. The predicted octanol–water partition coefficient (Wildman–Crippen LogP) is 6.59. The topological polar surface area (TPSA) is 0 Å². The van der Waals surface area contributed by atoms with E-state index in [2.05, 4.69) is 90.1 Å². The van der Waals surface area contributed by atoms with Crippen LogP contribution >= 0.6 is 0 Å². The smallest absolute Gasteiger partial charge is 0.0120 e. The molecule has 0 atom stereocenters. The predicted molar refractivity (Wildman–Crippen MR) is 98.9 cm³/mol. The first kappa shape index (κ1) is 15.1. The highest BCUT2D eigenvalue weighted by Crippen LogP contribution is 2.38. The van der Waals surface area contributed by atoms with Gasteiger partial charge in [-0.2, -0.15) is 0 Å². The van der Waals surface area contributed by atoms with Gasteiger partial charge in [0.05, 0.1) is 0 Å². The molecule has 0 spiro atoms. The van der Waals surface area contributed by atoms with Crippen LogP contribution in [0.2, 0.25) is 0 Å². The lowest BCUT2D eigenvalue weighted by Crippen LogP contribution is -2.14. The Morgan fingerprint density at radius 1 is 0.591 bits per heavy atom. The molecule has 0 heteroatoms. The minimum Gasteiger partial charge on any atom is -0.0616 e. The van der Waals surface area contributed by atoms with E-state index in [1.165, 1.54) is 32.7 Å². The molecule has 0 saturated heterocycles. The summed E-state index contributed by atoms with van der Waals surface area (Å²) in [7, 11) is 0. The largest absolute Gasteiger partial charge is 0.0616 e. The van der Waals surface area contributed by atoms with Crippen LogP contribution in [0.4, 0.5) is 0 Å². The second-order valence-electron chi connectivity index (χ2n) is 8.41. The highest BCUT2D eigenvalue weighted by Gasteiger charge is 2.22. The van der Waals surface area contributed by atoms with E-state index < -0.39 is 0 Å². The maximum atomic E-state index is 2.41. The number of benzene rings is 3. The quantitative estimate of drug-likeness (QED) is 0.410. The molecule has 0 saturated carbocycles. The molecule has 0 aliphatic carbocycles. The molecular formula is C22H26. The molecule has 3 rings (SSSR count). The minimum atomic E-state index is 0.121. The molecule has 114 valence electrons. The molecule has 3 aromatic rings. The fourth-order valence-electron chi connectivity index (χ4n) is 3.34. The lowest BCUT2D eigenvalue weighted by atomic mass is 9.78. The van der Waals surface area contributed by atoms with Crippen LogP contribution in [-0.4, -0.2) is 0 Å². The van der Waals surface area contributed by atoms with E-state index in [9.17, 15) is 0 Å². The van der Waals surface area contributed by atoms with Gasteiger partial charge in [-0.3, -0.25) is 0 Å². The third-order valence-electron chi connectivity index (χ3n) is 4.48. The Labute approximate surface area is 134 Å². The van der Waals surface area contributed by atoms with Gasteiger partial charge < -0.3 is 0 Å². The Balaban J connectivity index is 2.49. The van der Waals surface area contributed by atoms with Gasteiger partial charge in [-0.1, -0.05) is 84.0 Å². The van der Waals surface area contributed by atoms with Crippen LogP contribution in [0.3, 0.4) is 0 Å². The van der Waals surface area contributed by atoms with Crippen LogP contribution in [0, 0.1) is 0 Å². The zero-order chi connectivity index (χ0) is 16.1. The number of fused-ring (bicyclic) bond motifs is 2. The Morgan fingerprint density at radius 3 is 1.86 bits per heavy atom. The molecule has 0 aliphatic rings. The summed E-state index contributed by atoms with van der Waals surface area (Å²) in [6.07, 6.45) is 0. The molecule has 22 heavy (non-hydrogen) atoms. The maximum absolute atomic E-state index is 2.41. The summed E-state index contributed by atoms with van der Waals surface area (Å²) in [5.41, 5.74) is 3.16. The van der Waals surface area contributed by atoms with Gasteiger partial charge >= 0.3 is 0 Å². The number of hydrogen-bond donors (Lipinski definition) is 0. The minimum absolute atomic E-state index is 0.121. The summed E-state index contributed by atoms with van der Waals surface area (Å²) >= 11 is 0. The zero-order valence-electron chi connectivity index (χ0n) is 14.6. The van der Waals surface area contributed by atoms with Crippen molar-refractivity contribution in [3.05, 3.63) is 59.7 Å². The van der Waals surface area contributed by atoms with Gasteiger partial charge in [0.15, 0.2) is 0 Å². The van der Waals surface area contributed by atoms with Crippen LogP contribution in [0.15, 0.2) is 48.5 Å². The van der Waals surface area contributed by atoms with Crippen molar-refractivity contribution < 1.29 is 0 Å². The van der Waals surface area contributed by atoms with Gasteiger partial charge in [0.1, 0.15) is 0 Å². The molecule has 0 unspecified atom stereocenters. The summed E-state index contributed by atoms with van der Waals surface area (Å²) in [5.74, 6) is 0. The van der Waals surface area contributed by atoms with Crippen LogP contribution in [0.1, 0.15) is 52.7 Å². The molecule has 0 N–H and O–H groups in total. The standard InChI is InChI=1S/C22H26/c1-21(2,3)17-12-11-16-13-15-9-7-8-10-18(15)20(19(16)14-17)22(4,5)6/h7-14H,1-6H3.